The van der Waals surface area contributed by atoms with Crippen LogP contribution in [0.1, 0.15) is 5.56 Å². The van der Waals surface area contributed by atoms with Crippen LogP contribution in [0.15, 0.2) is 12.3 Å². The maximum absolute atomic E-state index is 9.25. The minimum absolute atomic E-state index is 0.0840. The average molecular weight is 229 g/mol. The van der Waals surface area contributed by atoms with Gasteiger partial charge in [0.05, 0.1) is 19.8 Å². The molecule has 1 aliphatic rings. The molecule has 0 unspecified atom stereocenters. The van der Waals surface area contributed by atoms with E-state index in [1.807, 2.05) is 6.07 Å². The largest absolute Gasteiger partial charge is 0.391 e. The Balaban J connectivity index is 2.29. The van der Waals surface area contributed by atoms with Gasteiger partial charge in [-0.2, -0.15) is 0 Å². The Labute approximate surface area is 93.4 Å². The molecule has 0 atom stereocenters. The number of nitrogens with zero attached hydrogens (tertiary/aromatic N) is 2. The number of aliphatic hydroxyl groups is 1. The van der Waals surface area contributed by atoms with Gasteiger partial charge < -0.3 is 14.7 Å². The SMILES string of the molecule is OCc1c(N2CCOCC2)ccnc1Cl. The molecular weight excluding hydrogens is 216 g/mol. The minimum atomic E-state index is -0.0840. The lowest BCUT2D eigenvalue weighted by atomic mass is 10.2. The van der Waals surface area contributed by atoms with E-state index in [4.69, 9.17) is 16.3 Å². The summed E-state index contributed by atoms with van der Waals surface area (Å²) in [7, 11) is 0. The van der Waals surface area contributed by atoms with Crippen molar-refractivity contribution in [3.8, 4) is 0 Å². The average Bonchev–Trinajstić information content (AvgIpc) is 2.30. The molecule has 1 aromatic rings. The van der Waals surface area contributed by atoms with Crippen LogP contribution in [0.3, 0.4) is 0 Å². The van der Waals surface area contributed by atoms with E-state index in [9.17, 15) is 5.11 Å². The zero-order valence-electron chi connectivity index (χ0n) is 8.32. The van der Waals surface area contributed by atoms with Crippen LogP contribution in [0.4, 0.5) is 5.69 Å². The second kappa shape index (κ2) is 4.79. The minimum Gasteiger partial charge on any atom is -0.391 e. The number of hydrogen-bond acceptors (Lipinski definition) is 4. The third kappa shape index (κ3) is 2.22. The van der Waals surface area contributed by atoms with Gasteiger partial charge in [0.25, 0.3) is 0 Å². The number of halogens is 1. The summed E-state index contributed by atoms with van der Waals surface area (Å²) >= 11 is 5.92. The molecule has 15 heavy (non-hydrogen) atoms. The van der Waals surface area contributed by atoms with Crippen LogP contribution in [0.25, 0.3) is 0 Å². The molecule has 0 spiro atoms. The van der Waals surface area contributed by atoms with Gasteiger partial charge >= 0.3 is 0 Å². The number of rotatable bonds is 2. The molecule has 0 aromatic carbocycles. The first-order chi connectivity index (χ1) is 7.33. The van der Waals surface area contributed by atoms with Crippen LogP contribution >= 0.6 is 11.6 Å². The van der Waals surface area contributed by atoms with Gasteiger partial charge in [0.1, 0.15) is 5.15 Å². The molecule has 2 rings (SSSR count). The van der Waals surface area contributed by atoms with E-state index in [1.54, 1.807) is 6.20 Å². The number of ether oxygens (including phenoxy) is 1. The molecule has 1 aromatic heterocycles. The fourth-order valence-corrected chi connectivity index (χ4v) is 1.92. The standard InChI is InChI=1S/C10H13ClN2O2/c11-10-8(7-14)9(1-2-12-10)13-3-5-15-6-4-13/h1-2,14H,3-7H2. The first-order valence-electron chi connectivity index (χ1n) is 4.90. The van der Waals surface area contributed by atoms with Crippen LogP contribution in [0.2, 0.25) is 5.15 Å². The van der Waals surface area contributed by atoms with E-state index < -0.39 is 0 Å². The van der Waals surface area contributed by atoms with Crippen LogP contribution in [-0.4, -0.2) is 36.4 Å². The molecule has 5 heteroatoms. The molecule has 1 fully saturated rings. The molecule has 82 valence electrons. The molecule has 2 heterocycles. The summed E-state index contributed by atoms with van der Waals surface area (Å²) in [5.41, 5.74) is 1.65. The summed E-state index contributed by atoms with van der Waals surface area (Å²) in [4.78, 5) is 6.11. The Morgan fingerprint density at radius 1 is 1.47 bits per heavy atom. The van der Waals surface area contributed by atoms with Crippen molar-refractivity contribution in [3.05, 3.63) is 23.0 Å². The Morgan fingerprint density at radius 3 is 2.87 bits per heavy atom. The number of morpholine rings is 1. The highest BCUT2D eigenvalue weighted by Gasteiger charge is 2.16. The summed E-state index contributed by atoms with van der Waals surface area (Å²) in [5, 5.41) is 9.62. The molecule has 0 saturated carbocycles. The molecule has 0 bridgehead atoms. The van der Waals surface area contributed by atoms with Gasteiger partial charge in [-0.3, -0.25) is 0 Å². The molecular formula is C10H13ClN2O2. The van der Waals surface area contributed by atoms with E-state index in [0.717, 1.165) is 18.8 Å². The Hall–Kier alpha value is -0.840. The maximum Gasteiger partial charge on any atom is 0.136 e. The molecule has 4 nitrogen and oxygen atoms in total. The van der Waals surface area contributed by atoms with Crippen LogP contribution in [0, 0.1) is 0 Å². The van der Waals surface area contributed by atoms with Gasteiger partial charge in [0, 0.05) is 30.5 Å². The van der Waals surface area contributed by atoms with Crippen molar-refractivity contribution < 1.29 is 9.84 Å². The third-order valence-electron chi connectivity index (χ3n) is 2.49. The summed E-state index contributed by atoms with van der Waals surface area (Å²) in [6.45, 7) is 3.00. The van der Waals surface area contributed by atoms with Crippen LogP contribution < -0.4 is 4.90 Å². The smallest absolute Gasteiger partial charge is 0.136 e. The van der Waals surface area contributed by atoms with Crippen molar-refractivity contribution in [1.29, 1.82) is 0 Å². The third-order valence-corrected chi connectivity index (χ3v) is 2.81. The van der Waals surface area contributed by atoms with Crippen molar-refractivity contribution in [2.24, 2.45) is 0 Å². The van der Waals surface area contributed by atoms with E-state index in [2.05, 4.69) is 9.88 Å². The summed E-state index contributed by atoms with van der Waals surface area (Å²) in [6, 6.07) is 1.88. The van der Waals surface area contributed by atoms with Gasteiger partial charge in [0.2, 0.25) is 0 Å². The van der Waals surface area contributed by atoms with Crippen molar-refractivity contribution >= 4 is 17.3 Å². The van der Waals surface area contributed by atoms with Crippen molar-refractivity contribution in [1.82, 2.24) is 4.98 Å². The fourth-order valence-electron chi connectivity index (χ4n) is 1.70. The van der Waals surface area contributed by atoms with Crippen molar-refractivity contribution in [2.75, 3.05) is 31.2 Å². The lowest BCUT2D eigenvalue weighted by molar-refractivity contribution is 0.122. The number of hydrogen-bond donors (Lipinski definition) is 1. The quantitative estimate of drug-likeness (QED) is 0.769. The van der Waals surface area contributed by atoms with Gasteiger partial charge in [-0.25, -0.2) is 4.98 Å². The molecule has 1 N–H and O–H groups in total. The highest BCUT2D eigenvalue weighted by Crippen LogP contribution is 2.26. The summed E-state index contributed by atoms with van der Waals surface area (Å²) < 4.78 is 5.27. The second-order valence-corrected chi connectivity index (χ2v) is 3.71. The Bertz CT molecular complexity index is 340. The fraction of sp³-hybridized carbons (Fsp3) is 0.500. The second-order valence-electron chi connectivity index (χ2n) is 3.36. The van der Waals surface area contributed by atoms with Crippen LogP contribution in [0.5, 0.6) is 0 Å². The zero-order valence-corrected chi connectivity index (χ0v) is 9.07. The number of aromatic nitrogens is 1. The molecule has 1 aliphatic heterocycles. The van der Waals surface area contributed by atoms with Crippen LogP contribution in [-0.2, 0) is 11.3 Å². The van der Waals surface area contributed by atoms with E-state index in [-0.39, 0.29) is 6.61 Å². The lowest BCUT2D eigenvalue weighted by Crippen LogP contribution is -2.36. The van der Waals surface area contributed by atoms with Gasteiger partial charge in [0.15, 0.2) is 0 Å². The first kappa shape index (κ1) is 10.7. The van der Waals surface area contributed by atoms with E-state index >= 15 is 0 Å². The highest BCUT2D eigenvalue weighted by atomic mass is 35.5. The molecule has 0 amide bonds. The monoisotopic (exact) mass is 228 g/mol. The molecule has 0 radical (unpaired) electrons. The Morgan fingerprint density at radius 2 is 2.20 bits per heavy atom. The maximum atomic E-state index is 9.25. The topological polar surface area (TPSA) is 45.6 Å². The molecule has 1 saturated heterocycles. The van der Waals surface area contributed by atoms with Gasteiger partial charge in [-0.15, -0.1) is 0 Å². The first-order valence-corrected chi connectivity index (χ1v) is 5.27. The van der Waals surface area contributed by atoms with Gasteiger partial charge in [-0.1, -0.05) is 11.6 Å². The molecule has 0 aliphatic carbocycles. The summed E-state index contributed by atoms with van der Waals surface area (Å²) in [6.07, 6.45) is 1.66. The predicted molar refractivity (Wildman–Crippen MR) is 58.2 cm³/mol. The highest BCUT2D eigenvalue weighted by molar-refractivity contribution is 6.30. The van der Waals surface area contributed by atoms with Crippen molar-refractivity contribution in [2.45, 2.75) is 6.61 Å². The number of pyridine rings is 1. The van der Waals surface area contributed by atoms with E-state index in [0.29, 0.717) is 23.9 Å². The summed E-state index contributed by atoms with van der Waals surface area (Å²) in [5.74, 6) is 0. The van der Waals surface area contributed by atoms with Gasteiger partial charge in [-0.05, 0) is 6.07 Å². The normalized spacial score (nSPS) is 16.8. The number of aliphatic hydroxyl groups excluding tert-OH is 1. The predicted octanol–water partition coefficient (Wildman–Crippen LogP) is 1.06. The van der Waals surface area contributed by atoms with Crippen molar-refractivity contribution in [3.63, 3.8) is 0 Å². The van der Waals surface area contributed by atoms with E-state index in [1.165, 1.54) is 0 Å². The Kier molecular flexibility index (Phi) is 3.41. The zero-order chi connectivity index (χ0) is 10.7. The number of anilines is 1. The lowest BCUT2D eigenvalue weighted by Gasteiger charge is -2.30.